The summed E-state index contributed by atoms with van der Waals surface area (Å²) in [4.78, 5) is 35.3. The van der Waals surface area contributed by atoms with Gasteiger partial charge in [0.05, 0.1) is 0 Å². The molecule has 0 spiro atoms. The number of nitrogens with zero attached hydrogens (tertiary/aromatic N) is 3. The maximum absolute atomic E-state index is 12.8. The van der Waals surface area contributed by atoms with Crippen molar-refractivity contribution < 1.29 is 23.8 Å². The number of nitrogens with two attached hydrogens (primary N) is 1. The molecule has 12 heteroatoms. The van der Waals surface area contributed by atoms with E-state index in [1.807, 2.05) is 13.8 Å². The Morgan fingerprint density at radius 2 is 1.89 bits per heavy atom. The van der Waals surface area contributed by atoms with Gasteiger partial charge in [-0.2, -0.15) is 9.97 Å². The summed E-state index contributed by atoms with van der Waals surface area (Å²) in [5, 5.41) is 10.5. The Bertz CT molecular complexity index is 1410. The monoisotopic (exact) mass is 582 g/mol. The molecule has 2 aromatic carbocycles. The first-order chi connectivity index (χ1) is 18.0. The number of rotatable bonds is 8. The van der Waals surface area contributed by atoms with E-state index in [2.05, 4.69) is 31.2 Å². The Kier molecular flexibility index (Phi) is 7.81. The van der Waals surface area contributed by atoms with Crippen LogP contribution in [0.4, 0.5) is 5.69 Å². The molecule has 0 saturated carbocycles. The fourth-order valence-corrected chi connectivity index (χ4v) is 4.11. The minimum absolute atomic E-state index is 0.0329. The van der Waals surface area contributed by atoms with Crippen LogP contribution in [0.1, 0.15) is 36.2 Å². The lowest BCUT2D eigenvalue weighted by atomic mass is 10.0. The van der Waals surface area contributed by atoms with Gasteiger partial charge >= 0.3 is 6.01 Å². The van der Waals surface area contributed by atoms with Crippen LogP contribution in [0.3, 0.4) is 0 Å². The number of amides is 2. The van der Waals surface area contributed by atoms with Crippen LogP contribution in [0.2, 0.25) is 0 Å². The predicted octanol–water partition coefficient (Wildman–Crippen LogP) is 4.56. The molecule has 1 aliphatic heterocycles. The van der Waals surface area contributed by atoms with E-state index in [1.54, 1.807) is 56.6 Å². The van der Waals surface area contributed by atoms with Crippen LogP contribution in [0.5, 0.6) is 29.3 Å². The first-order valence-corrected chi connectivity index (χ1v) is 12.5. The highest BCUT2D eigenvalue weighted by atomic mass is 79.9. The number of benzene rings is 2. The Morgan fingerprint density at radius 1 is 1.16 bits per heavy atom. The number of amidine groups is 1. The predicted molar refractivity (Wildman–Crippen MR) is 144 cm³/mol. The smallest absolute Gasteiger partial charge is 0.328 e. The summed E-state index contributed by atoms with van der Waals surface area (Å²) in [6, 6.07) is 11.4. The fraction of sp³-hybridized carbons (Fsp3) is 0.269. The molecular weight excluding hydrogens is 556 g/mol. The molecule has 38 heavy (non-hydrogen) atoms. The van der Waals surface area contributed by atoms with E-state index in [1.165, 1.54) is 4.90 Å². The van der Waals surface area contributed by atoms with Gasteiger partial charge in [0.15, 0.2) is 11.8 Å². The van der Waals surface area contributed by atoms with E-state index < -0.39 is 6.10 Å². The van der Waals surface area contributed by atoms with Crippen molar-refractivity contribution in [3.8, 4) is 29.3 Å². The molecule has 0 aliphatic carbocycles. The van der Waals surface area contributed by atoms with Crippen LogP contribution < -0.4 is 25.3 Å². The molecule has 3 aromatic rings. The van der Waals surface area contributed by atoms with Crippen molar-refractivity contribution in [2.24, 2.45) is 11.7 Å². The highest BCUT2D eigenvalue weighted by molar-refractivity contribution is 9.10. The van der Waals surface area contributed by atoms with Gasteiger partial charge in [0.2, 0.25) is 5.88 Å². The van der Waals surface area contributed by atoms with E-state index in [-0.39, 0.29) is 47.0 Å². The van der Waals surface area contributed by atoms with Crippen LogP contribution in [-0.2, 0) is 4.79 Å². The number of fused-ring (bicyclic) bond motifs is 1. The number of carbonyl (C=O) groups excluding carboxylic acids is 2. The lowest BCUT2D eigenvalue weighted by Crippen LogP contribution is -2.38. The van der Waals surface area contributed by atoms with Crippen molar-refractivity contribution in [2.75, 3.05) is 19.4 Å². The molecule has 1 aromatic heterocycles. The second-order valence-electron chi connectivity index (χ2n) is 9.24. The Hall–Kier alpha value is -4.19. The number of anilines is 1. The SMILES string of the molecule is CC(C)CC1Oc2nc(Oc3cccc(C(=O)N(C)C)c3)nc(Oc3cc(Br)cc(C(=N)N)c3)c2NC1=O. The van der Waals surface area contributed by atoms with Crippen LogP contribution in [-0.4, -0.2) is 52.7 Å². The normalized spacial score (nSPS) is 14.3. The maximum atomic E-state index is 12.8. The van der Waals surface area contributed by atoms with Crippen molar-refractivity contribution in [1.29, 1.82) is 5.41 Å². The first-order valence-electron chi connectivity index (χ1n) is 11.7. The lowest BCUT2D eigenvalue weighted by Gasteiger charge is -2.27. The average molecular weight is 583 g/mol. The lowest BCUT2D eigenvalue weighted by molar-refractivity contribution is -0.124. The Labute approximate surface area is 227 Å². The summed E-state index contributed by atoms with van der Waals surface area (Å²) in [5.74, 6) is 0.185. The molecule has 1 aliphatic rings. The van der Waals surface area contributed by atoms with Crippen LogP contribution in [0.25, 0.3) is 0 Å². The molecule has 0 fully saturated rings. The van der Waals surface area contributed by atoms with Crippen LogP contribution in [0, 0.1) is 11.3 Å². The van der Waals surface area contributed by atoms with Gasteiger partial charge < -0.3 is 30.2 Å². The van der Waals surface area contributed by atoms with Crippen molar-refractivity contribution in [3.05, 3.63) is 58.1 Å². The standard InChI is InChI=1S/C26H27BrN6O5/c1-13(2)8-19-22(34)30-20-23(36-18-11-15(21(28)29)9-16(27)12-18)31-26(32-24(20)38-19)37-17-7-5-6-14(10-17)25(35)33(3)4/h5-7,9-13,19H,8H2,1-4H3,(H3,28,29)(H,30,34). The topological polar surface area (TPSA) is 153 Å². The van der Waals surface area contributed by atoms with E-state index in [4.69, 9.17) is 25.4 Å². The van der Waals surface area contributed by atoms with Crippen molar-refractivity contribution >= 4 is 39.3 Å². The van der Waals surface area contributed by atoms with Crippen LogP contribution in [0.15, 0.2) is 46.9 Å². The minimum Gasteiger partial charge on any atom is -0.462 e. The summed E-state index contributed by atoms with van der Waals surface area (Å²) >= 11 is 3.38. The van der Waals surface area contributed by atoms with Gasteiger partial charge in [-0.15, -0.1) is 0 Å². The second kappa shape index (κ2) is 11.1. The average Bonchev–Trinajstić information content (AvgIpc) is 2.84. The molecule has 1 unspecified atom stereocenters. The largest absolute Gasteiger partial charge is 0.462 e. The van der Waals surface area contributed by atoms with Gasteiger partial charge in [0, 0.05) is 29.7 Å². The summed E-state index contributed by atoms with van der Waals surface area (Å²) in [6.07, 6.45) is -0.279. The first kappa shape index (κ1) is 26.9. The number of hydrogen-bond donors (Lipinski definition) is 3. The number of aromatic nitrogens is 2. The number of ether oxygens (including phenoxy) is 3. The maximum Gasteiger partial charge on any atom is 0.328 e. The summed E-state index contributed by atoms with van der Waals surface area (Å²) in [5.41, 5.74) is 6.64. The molecule has 0 bridgehead atoms. The van der Waals surface area contributed by atoms with Gasteiger partial charge in [0.1, 0.15) is 17.3 Å². The zero-order valence-corrected chi connectivity index (χ0v) is 22.8. The Balaban J connectivity index is 1.74. The molecule has 4 N–H and O–H groups in total. The van der Waals surface area contributed by atoms with Crippen molar-refractivity contribution in [1.82, 2.24) is 14.9 Å². The summed E-state index contributed by atoms with van der Waals surface area (Å²) in [7, 11) is 3.31. The zero-order chi connectivity index (χ0) is 27.6. The molecule has 0 saturated heterocycles. The van der Waals surface area contributed by atoms with Crippen molar-refractivity contribution in [3.63, 3.8) is 0 Å². The number of nitrogen functional groups attached to an aromatic ring is 1. The highest BCUT2D eigenvalue weighted by Crippen LogP contribution is 2.41. The summed E-state index contributed by atoms with van der Waals surface area (Å²) < 4.78 is 18.5. The van der Waals surface area contributed by atoms with Crippen LogP contribution >= 0.6 is 15.9 Å². The Morgan fingerprint density at radius 3 is 2.58 bits per heavy atom. The van der Waals surface area contributed by atoms with E-state index in [0.29, 0.717) is 33.5 Å². The second-order valence-corrected chi connectivity index (χ2v) is 10.2. The van der Waals surface area contributed by atoms with Gasteiger partial charge in [-0.1, -0.05) is 35.8 Å². The third kappa shape index (κ3) is 6.20. The number of halogens is 1. The quantitative estimate of drug-likeness (QED) is 0.258. The fourth-order valence-electron chi connectivity index (χ4n) is 3.63. The van der Waals surface area contributed by atoms with Gasteiger partial charge in [-0.25, -0.2) is 0 Å². The molecule has 4 rings (SSSR count). The molecule has 0 radical (unpaired) electrons. The number of hydrogen-bond acceptors (Lipinski definition) is 8. The van der Waals surface area contributed by atoms with E-state index in [9.17, 15) is 9.59 Å². The molecular formula is C26H27BrN6O5. The molecule has 1 atom stereocenters. The molecule has 2 heterocycles. The molecule has 11 nitrogen and oxygen atoms in total. The van der Waals surface area contributed by atoms with Crippen molar-refractivity contribution in [2.45, 2.75) is 26.4 Å². The van der Waals surface area contributed by atoms with E-state index >= 15 is 0 Å². The molecule has 198 valence electrons. The third-order valence-electron chi connectivity index (χ3n) is 5.40. The van der Waals surface area contributed by atoms with E-state index in [0.717, 1.165) is 0 Å². The van der Waals surface area contributed by atoms with Gasteiger partial charge in [0.25, 0.3) is 17.7 Å². The number of carbonyl (C=O) groups is 2. The van der Waals surface area contributed by atoms with Gasteiger partial charge in [-0.3, -0.25) is 15.0 Å². The zero-order valence-electron chi connectivity index (χ0n) is 21.2. The third-order valence-corrected chi connectivity index (χ3v) is 5.85. The van der Waals surface area contributed by atoms with Gasteiger partial charge in [-0.05, 0) is 48.7 Å². The highest BCUT2D eigenvalue weighted by Gasteiger charge is 2.33. The molecule has 2 amide bonds. The minimum atomic E-state index is -0.755. The number of nitrogens with one attached hydrogen (secondary N) is 2. The summed E-state index contributed by atoms with van der Waals surface area (Å²) in [6.45, 7) is 3.97.